The molecule has 1 aliphatic rings. The van der Waals surface area contributed by atoms with E-state index in [-0.39, 0.29) is 6.04 Å². The van der Waals surface area contributed by atoms with Crippen molar-refractivity contribution >= 4 is 24.3 Å². The Balaban J connectivity index is 2.40. The second-order valence-electron chi connectivity index (χ2n) is 4.63. The fourth-order valence-electron chi connectivity index (χ4n) is 2.10. The van der Waals surface area contributed by atoms with Crippen LogP contribution in [-0.2, 0) is 0 Å². The molecule has 0 heterocycles. The second-order valence-corrected chi connectivity index (χ2v) is 5.07. The van der Waals surface area contributed by atoms with Crippen LogP contribution >= 0.6 is 12.2 Å². The Kier molecular flexibility index (Phi) is 5.68. The molecule has 6 heteroatoms. The molecule has 0 unspecified atom stereocenters. The summed E-state index contributed by atoms with van der Waals surface area (Å²) >= 11 is 5.19. The first kappa shape index (κ1) is 13.9. The summed E-state index contributed by atoms with van der Waals surface area (Å²) < 4.78 is 0. The summed E-state index contributed by atoms with van der Waals surface area (Å²) in [5, 5.41) is 20.8. The molecular weight excluding hydrogens is 223 g/mol. The standard InChI is InChI=1S/C10H21BN2O2S/c1-7(11(14)15)13-10(16)9(12)8-5-3-2-4-6-8/h7-9,14-15H,2-6,12H2,1H3,(H,13,16)/t7-,9-/m0/s1. The largest absolute Gasteiger partial charge is 0.475 e. The summed E-state index contributed by atoms with van der Waals surface area (Å²) in [5.41, 5.74) is 6.07. The third-order valence-electron chi connectivity index (χ3n) is 3.28. The van der Waals surface area contributed by atoms with E-state index in [1.54, 1.807) is 6.92 Å². The van der Waals surface area contributed by atoms with Gasteiger partial charge in [0, 0.05) is 0 Å². The van der Waals surface area contributed by atoms with Gasteiger partial charge in [-0.25, -0.2) is 0 Å². The number of hydrogen-bond donors (Lipinski definition) is 4. The van der Waals surface area contributed by atoms with Gasteiger partial charge in [-0.2, -0.15) is 0 Å². The van der Waals surface area contributed by atoms with Crippen LogP contribution in [0.5, 0.6) is 0 Å². The minimum absolute atomic E-state index is 0.156. The van der Waals surface area contributed by atoms with Crippen LogP contribution in [0.15, 0.2) is 0 Å². The number of nitrogens with two attached hydrogens (primary N) is 1. The summed E-state index contributed by atoms with van der Waals surface area (Å²) in [6.45, 7) is 1.67. The third-order valence-corrected chi connectivity index (χ3v) is 3.67. The van der Waals surface area contributed by atoms with E-state index in [4.69, 9.17) is 28.0 Å². The molecule has 0 aromatic heterocycles. The molecule has 1 aliphatic carbocycles. The summed E-state index contributed by atoms with van der Waals surface area (Å²) in [6.07, 6.45) is 5.98. The van der Waals surface area contributed by atoms with Crippen LogP contribution in [0.3, 0.4) is 0 Å². The maximum Gasteiger partial charge on any atom is 0.475 e. The van der Waals surface area contributed by atoms with E-state index in [0.717, 1.165) is 12.8 Å². The van der Waals surface area contributed by atoms with Crippen molar-refractivity contribution in [2.45, 2.75) is 51.0 Å². The molecule has 5 N–H and O–H groups in total. The highest BCUT2D eigenvalue weighted by atomic mass is 32.1. The molecular formula is C10H21BN2O2S. The zero-order chi connectivity index (χ0) is 12.1. The average molecular weight is 244 g/mol. The molecule has 1 rings (SSSR count). The highest BCUT2D eigenvalue weighted by Gasteiger charge is 2.26. The van der Waals surface area contributed by atoms with Crippen LogP contribution in [0.1, 0.15) is 39.0 Å². The van der Waals surface area contributed by atoms with Crippen LogP contribution in [-0.4, -0.2) is 34.1 Å². The maximum absolute atomic E-state index is 8.95. The van der Waals surface area contributed by atoms with Crippen LogP contribution in [0.2, 0.25) is 0 Å². The van der Waals surface area contributed by atoms with E-state index in [1.807, 2.05) is 0 Å². The van der Waals surface area contributed by atoms with Gasteiger partial charge < -0.3 is 21.1 Å². The molecule has 0 aliphatic heterocycles. The average Bonchev–Trinajstić information content (AvgIpc) is 2.28. The maximum atomic E-state index is 8.95. The number of nitrogens with one attached hydrogen (secondary N) is 1. The van der Waals surface area contributed by atoms with Gasteiger partial charge in [0.2, 0.25) is 0 Å². The van der Waals surface area contributed by atoms with Crippen LogP contribution in [0.4, 0.5) is 0 Å². The molecule has 0 spiro atoms. The molecule has 1 saturated carbocycles. The van der Waals surface area contributed by atoms with E-state index in [0.29, 0.717) is 10.9 Å². The quantitative estimate of drug-likeness (QED) is 0.420. The predicted octanol–water partition coefficient (Wildman–Crippen LogP) is 0.212. The van der Waals surface area contributed by atoms with Gasteiger partial charge in [0.25, 0.3) is 0 Å². The van der Waals surface area contributed by atoms with Crippen molar-refractivity contribution in [3.05, 3.63) is 0 Å². The van der Waals surface area contributed by atoms with Crippen molar-refractivity contribution in [2.75, 3.05) is 0 Å². The van der Waals surface area contributed by atoms with Crippen molar-refractivity contribution in [2.24, 2.45) is 11.7 Å². The summed E-state index contributed by atoms with van der Waals surface area (Å²) in [7, 11) is -1.41. The van der Waals surface area contributed by atoms with Gasteiger partial charge in [0.05, 0.1) is 17.0 Å². The topological polar surface area (TPSA) is 78.5 Å². The minimum Gasteiger partial charge on any atom is -0.426 e. The third kappa shape index (κ3) is 4.01. The van der Waals surface area contributed by atoms with Gasteiger partial charge in [-0.1, -0.05) is 31.5 Å². The molecule has 0 bridgehead atoms. The summed E-state index contributed by atoms with van der Waals surface area (Å²) in [4.78, 5) is 0.549. The summed E-state index contributed by atoms with van der Waals surface area (Å²) in [5.74, 6) is -0.0288. The van der Waals surface area contributed by atoms with Crippen molar-refractivity contribution in [3.8, 4) is 0 Å². The molecule has 0 aromatic carbocycles. The SMILES string of the molecule is C[C@H](NC(=S)[C@@H](N)C1CCCCC1)B(O)O. The predicted molar refractivity (Wildman–Crippen MR) is 69.9 cm³/mol. The molecule has 0 amide bonds. The smallest absolute Gasteiger partial charge is 0.426 e. The van der Waals surface area contributed by atoms with Gasteiger partial charge in [0.15, 0.2) is 0 Å². The molecule has 2 atom stereocenters. The lowest BCUT2D eigenvalue weighted by atomic mass is 9.80. The Morgan fingerprint density at radius 3 is 2.44 bits per heavy atom. The first-order valence-electron chi connectivity index (χ1n) is 5.94. The number of thiocarbonyl (C=S) groups is 1. The highest BCUT2D eigenvalue weighted by Crippen LogP contribution is 2.25. The minimum atomic E-state index is -1.41. The lowest BCUT2D eigenvalue weighted by Crippen LogP contribution is -2.51. The molecule has 4 nitrogen and oxygen atoms in total. The van der Waals surface area contributed by atoms with Crippen molar-refractivity contribution in [1.29, 1.82) is 0 Å². The Labute approximate surface area is 103 Å². The zero-order valence-electron chi connectivity index (χ0n) is 9.72. The van der Waals surface area contributed by atoms with Crippen LogP contribution in [0.25, 0.3) is 0 Å². The molecule has 16 heavy (non-hydrogen) atoms. The van der Waals surface area contributed by atoms with E-state index in [1.165, 1.54) is 19.3 Å². The van der Waals surface area contributed by atoms with E-state index >= 15 is 0 Å². The van der Waals surface area contributed by atoms with Crippen LogP contribution < -0.4 is 11.1 Å². The van der Waals surface area contributed by atoms with Gasteiger partial charge in [-0.3, -0.25) is 0 Å². The molecule has 0 radical (unpaired) electrons. The Hall–Kier alpha value is -0.165. The fraction of sp³-hybridized carbons (Fsp3) is 0.900. The monoisotopic (exact) mass is 244 g/mol. The first-order valence-corrected chi connectivity index (χ1v) is 6.35. The second kappa shape index (κ2) is 6.54. The van der Waals surface area contributed by atoms with E-state index in [2.05, 4.69) is 5.32 Å². The molecule has 0 saturated heterocycles. The number of hydrogen-bond acceptors (Lipinski definition) is 4. The van der Waals surface area contributed by atoms with Crippen molar-refractivity contribution in [1.82, 2.24) is 5.32 Å². The first-order chi connectivity index (χ1) is 7.52. The number of rotatable bonds is 4. The van der Waals surface area contributed by atoms with E-state index < -0.39 is 13.1 Å². The van der Waals surface area contributed by atoms with E-state index in [9.17, 15) is 0 Å². The fourth-order valence-corrected chi connectivity index (χ4v) is 2.48. The Morgan fingerprint density at radius 2 is 1.94 bits per heavy atom. The molecule has 0 aromatic rings. The molecule has 1 fully saturated rings. The van der Waals surface area contributed by atoms with Gasteiger partial charge >= 0.3 is 7.12 Å². The molecule has 92 valence electrons. The van der Waals surface area contributed by atoms with Crippen LogP contribution in [0, 0.1) is 5.92 Å². The van der Waals surface area contributed by atoms with Gasteiger partial charge in [0.1, 0.15) is 0 Å². The Bertz CT molecular complexity index is 235. The lowest BCUT2D eigenvalue weighted by Gasteiger charge is -2.29. The van der Waals surface area contributed by atoms with Crippen molar-refractivity contribution in [3.63, 3.8) is 0 Å². The van der Waals surface area contributed by atoms with Gasteiger partial charge in [-0.05, 0) is 25.7 Å². The summed E-state index contributed by atoms with van der Waals surface area (Å²) in [6, 6.07) is -0.156. The Morgan fingerprint density at radius 1 is 1.38 bits per heavy atom. The normalized spacial score (nSPS) is 21.2. The van der Waals surface area contributed by atoms with Crippen molar-refractivity contribution < 1.29 is 10.0 Å². The van der Waals surface area contributed by atoms with Gasteiger partial charge in [-0.15, -0.1) is 0 Å². The highest BCUT2D eigenvalue weighted by molar-refractivity contribution is 7.80. The zero-order valence-corrected chi connectivity index (χ0v) is 10.5. The lowest BCUT2D eigenvalue weighted by molar-refractivity contribution is 0.338.